The Bertz CT molecular complexity index is 771. The number of carbonyl (C=O) groups is 2. The molecule has 1 aliphatic heterocycles. The number of amides is 1. The van der Waals surface area contributed by atoms with Crippen molar-refractivity contribution in [3.63, 3.8) is 0 Å². The maximum absolute atomic E-state index is 12.1. The van der Waals surface area contributed by atoms with Gasteiger partial charge in [0.05, 0.1) is 0 Å². The predicted molar refractivity (Wildman–Crippen MR) is 89.4 cm³/mol. The molecule has 0 unspecified atom stereocenters. The van der Waals surface area contributed by atoms with Gasteiger partial charge in [-0.25, -0.2) is 9.78 Å². The van der Waals surface area contributed by atoms with Crippen molar-refractivity contribution < 1.29 is 14.7 Å². The molecule has 0 saturated carbocycles. The lowest BCUT2D eigenvalue weighted by Gasteiger charge is -2.08. The van der Waals surface area contributed by atoms with Crippen LogP contribution in [-0.4, -0.2) is 43.3 Å². The summed E-state index contributed by atoms with van der Waals surface area (Å²) >= 11 is 0. The van der Waals surface area contributed by atoms with Crippen molar-refractivity contribution in [3.05, 3.63) is 41.2 Å². The van der Waals surface area contributed by atoms with Crippen LogP contribution in [0.2, 0.25) is 0 Å². The molecule has 0 aromatic carbocycles. The number of aromatic carboxylic acids is 1. The number of carbonyl (C=O) groups excluding carboxylic acids is 1. The van der Waals surface area contributed by atoms with Gasteiger partial charge in [-0.3, -0.25) is 4.79 Å². The monoisotopic (exact) mass is 343 g/mol. The van der Waals surface area contributed by atoms with Crippen LogP contribution < -0.4 is 5.32 Å². The first-order valence-electron chi connectivity index (χ1n) is 8.53. The number of hydrogen-bond donors (Lipinski definition) is 2. The van der Waals surface area contributed by atoms with E-state index in [0.29, 0.717) is 12.1 Å². The summed E-state index contributed by atoms with van der Waals surface area (Å²) in [7, 11) is 0. The van der Waals surface area contributed by atoms with Gasteiger partial charge in [0, 0.05) is 37.7 Å². The number of rotatable bonds is 6. The summed E-state index contributed by atoms with van der Waals surface area (Å²) < 4.78 is 2.21. The SMILES string of the molecule is O=C(NCCCc1nnc2n1CCCCC2)c1ccnc(C(=O)O)c1. The maximum atomic E-state index is 12.1. The van der Waals surface area contributed by atoms with Gasteiger partial charge < -0.3 is 15.0 Å². The smallest absolute Gasteiger partial charge is 0.354 e. The van der Waals surface area contributed by atoms with Gasteiger partial charge in [-0.2, -0.15) is 0 Å². The average Bonchev–Trinajstić information content (AvgIpc) is 2.85. The summed E-state index contributed by atoms with van der Waals surface area (Å²) in [6.45, 7) is 1.46. The maximum Gasteiger partial charge on any atom is 0.354 e. The fourth-order valence-corrected chi connectivity index (χ4v) is 2.97. The number of pyridine rings is 1. The van der Waals surface area contributed by atoms with Crippen LogP contribution in [0.5, 0.6) is 0 Å². The van der Waals surface area contributed by atoms with Crippen molar-refractivity contribution in [2.75, 3.05) is 6.54 Å². The van der Waals surface area contributed by atoms with Crippen LogP contribution in [0, 0.1) is 0 Å². The number of nitrogens with zero attached hydrogens (tertiary/aromatic N) is 4. The molecular weight excluding hydrogens is 322 g/mol. The first kappa shape index (κ1) is 17.1. The van der Waals surface area contributed by atoms with Gasteiger partial charge in [-0.15, -0.1) is 10.2 Å². The van der Waals surface area contributed by atoms with E-state index >= 15 is 0 Å². The molecule has 0 aliphatic carbocycles. The van der Waals surface area contributed by atoms with E-state index in [-0.39, 0.29) is 11.6 Å². The van der Waals surface area contributed by atoms with Crippen molar-refractivity contribution in [1.29, 1.82) is 0 Å². The third kappa shape index (κ3) is 4.20. The zero-order valence-electron chi connectivity index (χ0n) is 13.9. The first-order valence-corrected chi connectivity index (χ1v) is 8.53. The molecule has 1 amide bonds. The van der Waals surface area contributed by atoms with E-state index in [1.807, 2.05) is 0 Å². The number of carboxylic acids is 1. The lowest BCUT2D eigenvalue weighted by molar-refractivity contribution is 0.0690. The summed E-state index contributed by atoms with van der Waals surface area (Å²) in [6.07, 6.45) is 7.36. The quantitative estimate of drug-likeness (QED) is 0.768. The van der Waals surface area contributed by atoms with Crippen molar-refractivity contribution >= 4 is 11.9 Å². The van der Waals surface area contributed by atoms with Gasteiger partial charge >= 0.3 is 5.97 Å². The number of carboxylic acid groups (broad SMARTS) is 1. The van der Waals surface area contributed by atoms with E-state index in [0.717, 1.165) is 43.9 Å². The Kier molecular flexibility index (Phi) is 5.37. The molecule has 0 atom stereocenters. The number of fused-ring (bicyclic) bond motifs is 1. The second kappa shape index (κ2) is 7.87. The Labute approximate surface area is 145 Å². The standard InChI is InChI=1S/C17H21N5O3/c23-16(12-7-9-18-13(11-12)17(24)25)19-8-4-6-15-21-20-14-5-2-1-3-10-22(14)15/h7,9,11H,1-6,8,10H2,(H,19,23)(H,24,25). The minimum absolute atomic E-state index is 0.140. The number of aryl methyl sites for hydroxylation is 2. The largest absolute Gasteiger partial charge is 0.477 e. The van der Waals surface area contributed by atoms with Crippen LogP contribution in [0.25, 0.3) is 0 Å². The lowest BCUT2D eigenvalue weighted by Crippen LogP contribution is -2.25. The molecule has 132 valence electrons. The fraction of sp³-hybridized carbons (Fsp3) is 0.471. The van der Waals surface area contributed by atoms with Crippen molar-refractivity contribution in [3.8, 4) is 0 Å². The highest BCUT2D eigenvalue weighted by Gasteiger charge is 2.14. The Morgan fingerprint density at radius 1 is 1.24 bits per heavy atom. The molecule has 3 rings (SSSR count). The summed E-state index contributed by atoms with van der Waals surface area (Å²) in [5.74, 6) is 0.588. The molecule has 0 saturated heterocycles. The van der Waals surface area contributed by atoms with E-state index in [1.54, 1.807) is 0 Å². The van der Waals surface area contributed by atoms with Crippen LogP contribution >= 0.6 is 0 Å². The molecule has 8 nitrogen and oxygen atoms in total. The fourth-order valence-electron chi connectivity index (χ4n) is 2.97. The van der Waals surface area contributed by atoms with Crippen LogP contribution in [0.3, 0.4) is 0 Å². The van der Waals surface area contributed by atoms with E-state index < -0.39 is 5.97 Å². The second-order valence-electron chi connectivity index (χ2n) is 6.09. The van der Waals surface area contributed by atoms with E-state index in [1.165, 1.54) is 31.2 Å². The predicted octanol–water partition coefficient (Wildman–Crippen LogP) is 1.46. The zero-order valence-corrected chi connectivity index (χ0v) is 13.9. The van der Waals surface area contributed by atoms with Crippen molar-refractivity contribution in [1.82, 2.24) is 25.1 Å². The molecule has 0 spiro atoms. The minimum Gasteiger partial charge on any atom is -0.477 e. The van der Waals surface area contributed by atoms with Gasteiger partial charge in [0.1, 0.15) is 17.3 Å². The number of hydrogen-bond acceptors (Lipinski definition) is 5. The van der Waals surface area contributed by atoms with Crippen molar-refractivity contribution in [2.45, 2.75) is 45.1 Å². The summed E-state index contributed by atoms with van der Waals surface area (Å²) in [5.41, 5.74) is 0.155. The average molecular weight is 343 g/mol. The van der Waals surface area contributed by atoms with Crippen LogP contribution in [0.15, 0.2) is 18.3 Å². The number of nitrogens with one attached hydrogen (secondary N) is 1. The minimum atomic E-state index is -1.15. The van der Waals surface area contributed by atoms with Gasteiger partial charge in [0.2, 0.25) is 0 Å². The topological polar surface area (TPSA) is 110 Å². The highest BCUT2D eigenvalue weighted by Crippen LogP contribution is 2.15. The molecule has 0 radical (unpaired) electrons. The van der Waals surface area contributed by atoms with Gasteiger partial charge in [-0.1, -0.05) is 6.42 Å². The van der Waals surface area contributed by atoms with Crippen LogP contribution in [0.4, 0.5) is 0 Å². The van der Waals surface area contributed by atoms with E-state index in [9.17, 15) is 9.59 Å². The normalized spacial score (nSPS) is 13.8. The van der Waals surface area contributed by atoms with Gasteiger partial charge in [-0.05, 0) is 31.4 Å². The Morgan fingerprint density at radius 3 is 2.96 bits per heavy atom. The second-order valence-corrected chi connectivity index (χ2v) is 6.09. The molecular formula is C17H21N5O3. The molecule has 0 bridgehead atoms. The Hall–Kier alpha value is -2.77. The Morgan fingerprint density at radius 2 is 2.12 bits per heavy atom. The molecule has 2 aromatic rings. The van der Waals surface area contributed by atoms with Crippen molar-refractivity contribution in [2.24, 2.45) is 0 Å². The molecule has 2 aromatic heterocycles. The van der Waals surface area contributed by atoms with Gasteiger partial charge in [0.25, 0.3) is 5.91 Å². The highest BCUT2D eigenvalue weighted by molar-refractivity contribution is 5.96. The summed E-state index contributed by atoms with van der Waals surface area (Å²) in [5, 5.41) is 20.3. The zero-order chi connectivity index (χ0) is 17.6. The summed E-state index contributed by atoms with van der Waals surface area (Å²) in [4.78, 5) is 26.7. The molecule has 0 fully saturated rings. The first-order chi connectivity index (χ1) is 12.1. The molecule has 3 heterocycles. The third-order valence-electron chi connectivity index (χ3n) is 4.29. The van der Waals surface area contributed by atoms with E-state index in [2.05, 4.69) is 25.1 Å². The highest BCUT2D eigenvalue weighted by atomic mass is 16.4. The summed E-state index contributed by atoms with van der Waals surface area (Å²) in [6, 6.07) is 2.77. The Balaban J connectivity index is 1.50. The molecule has 25 heavy (non-hydrogen) atoms. The number of aromatic nitrogens is 4. The van der Waals surface area contributed by atoms with E-state index in [4.69, 9.17) is 5.11 Å². The third-order valence-corrected chi connectivity index (χ3v) is 4.29. The van der Waals surface area contributed by atoms with Gasteiger partial charge in [0.15, 0.2) is 0 Å². The van der Waals surface area contributed by atoms with Crippen LogP contribution in [0.1, 0.15) is 58.2 Å². The molecule has 1 aliphatic rings. The van der Waals surface area contributed by atoms with Crippen LogP contribution in [-0.2, 0) is 19.4 Å². The molecule has 8 heteroatoms. The lowest BCUT2D eigenvalue weighted by atomic mass is 10.2. The molecule has 2 N–H and O–H groups in total.